The van der Waals surface area contributed by atoms with Gasteiger partial charge >= 0.3 is 5.97 Å². The minimum absolute atomic E-state index is 0.0574. The fourth-order valence-corrected chi connectivity index (χ4v) is 3.20. The Kier molecular flexibility index (Phi) is 6.11. The first-order valence-electron chi connectivity index (χ1n) is 9.02. The van der Waals surface area contributed by atoms with E-state index in [2.05, 4.69) is 0 Å². The highest BCUT2D eigenvalue weighted by Crippen LogP contribution is 2.33. The topological polar surface area (TPSA) is 94.5 Å². The number of aromatic hydroxyl groups is 1. The van der Waals surface area contributed by atoms with Crippen LogP contribution in [0.2, 0.25) is 0 Å². The number of hydrogen-bond donors (Lipinski definition) is 1. The number of hydrogen-bond acceptors (Lipinski definition) is 7. The van der Waals surface area contributed by atoms with Crippen molar-refractivity contribution in [2.45, 2.75) is 13.0 Å². The van der Waals surface area contributed by atoms with Crippen molar-refractivity contribution in [2.24, 2.45) is 0 Å². The summed E-state index contributed by atoms with van der Waals surface area (Å²) in [5, 5.41) is 9.84. The van der Waals surface area contributed by atoms with Crippen LogP contribution < -0.4 is 14.2 Å². The summed E-state index contributed by atoms with van der Waals surface area (Å²) in [6, 6.07) is 7.99. The second kappa shape index (κ2) is 8.72. The Hall–Kier alpha value is -3.42. The van der Waals surface area contributed by atoms with Crippen molar-refractivity contribution in [3.63, 3.8) is 0 Å². The smallest absolute Gasteiger partial charge is 0.342 e. The number of rotatable bonds is 6. The highest BCUT2D eigenvalue weighted by Gasteiger charge is 2.24. The average Bonchev–Trinajstić information content (AvgIpc) is 2.76. The molecule has 1 heterocycles. The largest absolute Gasteiger partial charge is 0.507 e. The molecule has 1 aliphatic rings. The van der Waals surface area contributed by atoms with Gasteiger partial charge in [-0.05, 0) is 47.9 Å². The van der Waals surface area contributed by atoms with E-state index in [-0.39, 0.29) is 17.2 Å². The first-order chi connectivity index (χ1) is 14.0. The fourth-order valence-electron chi connectivity index (χ4n) is 3.20. The van der Waals surface area contributed by atoms with Crippen LogP contribution in [0.4, 0.5) is 0 Å². The van der Waals surface area contributed by atoms with E-state index >= 15 is 0 Å². The molecule has 0 saturated carbocycles. The molecule has 8 heteroatoms. The lowest BCUT2D eigenvalue weighted by Gasteiger charge is -2.29. The van der Waals surface area contributed by atoms with Gasteiger partial charge in [-0.25, -0.2) is 4.79 Å². The van der Waals surface area contributed by atoms with Crippen LogP contribution in [0.25, 0.3) is 0 Å². The number of benzene rings is 2. The Morgan fingerprint density at radius 2 is 1.69 bits per heavy atom. The van der Waals surface area contributed by atoms with Gasteiger partial charge in [-0.2, -0.15) is 0 Å². The SMILES string of the molecule is COc1ccc(O)c(C(=O)OCC(=O)N2CCc3cc(OC)c(OC)cc3C2)c1. The molecule has 1 N–H and O–H groups in total. The Morgan fingerprint density at radius 3 is 2.34 bits per heavy atom. The van der Waals surface area contributed by atoms with Crippen molar-refractivity contribution in [3.8, 4) is 23.0 Å². The predicted molar refractivity (Wildman–Crippen MR) is 104 cm³/mol. The normalized spacial score (nSPS) is 12.7. The zero-order valence-corrected chi connectivity index (χ0v) is 16.6. The van der Waals surface area contributed by atoms with Gasteiger partial charge in [0, 0.05) is 13.1 Å². The third-order valence-electron chi connectivity index (χ3n) is 4.82. The molecule has 2 aromatic rings. The van der Waals surface area contributed by atoms with Crippen molar-refractivity contribution >= 4 is 11.9 Å². The summed E-state index contributed by atoms with van der Waals surface area (Å²) in [6.07, 6.45) is 0.659. The standard InChI is InChI=1S/C21H23NO7/c1-26-15-4-5-17(23)16(10-15)21(25)29-12-20(24)22-7-6-13-8-18(27-2)19(28-3)9-14(13)11-22/h4-5,8-10,23H,6-7,11-12H2,1-3H3. The molecule has 3 rings (SSSR count). The number of methoxy groups -OCH3 is 3. The van der Waals surface area contributed by atoms with Gasteiger partial charge in [0.1, 0.15) is 17.1 Å². The molecule has 0 saturated heterocycles. The molecule has 0 atom stereocenters. The van der Waals surface area contributed by atoms with Crippen molar-refractivity contribution < 1.29 is 33.6 Å². The lowest BCUT2D eigenvalue weighted by Crippen LogP contribution is -2.38. The van der Waals surface area contributed by atoms with Crippen molar-refractivity contribution in [1.82, 2.24) is 4.90 Å². The minimum Gasteiger partial charge on any atom is -0.507 e. The van der Waals surface area contributed by atoms with E-state index in [0.29, 0.717) is 36.8 Å². The molecule has 8 nitrogen and oxygen atoms in total. The molecule has 29 heavy (non-hydrogen) atoms. The van der Waals surface area contributed by atoms with Crippen LogP contribution in [0.1, 0.15) is 21.5 Å². The van der Waals surface area contributed by atoms with Crippen LogP contribution in [0, 0.1) is 0 Å². The Bertz CT molecular complexity index is 925. The number of fused-ring (bicyclic) bond motifs is 1. The highest BCUT2D eigenvalue weighted by atomic mass is 16.5. The summed E-state index contributed by atoms with van der Waals surface area (Å²) < 4.78 is 20.8. The number of amides is 1. The number of phenolic OH excluding ortho intramolecular Hbond substituents is 1. The second-order valence-corrected chi connectivity index (χ2v) is 6.50. The summed E-state index contributed by atoms with van der Waals surface area (Å²) >= 11 is 0. The molecule has 0 spiro atoms. The van der Waals surface area contributed by atoms with Crippen molar-refractivity contribution in [2.75, 3.05) is 34.5 Å². The van der Waals surface area contributed by atoms with Crippen LogP contribution in [0.3, 0.4) is 0 Å². The van der Waals surface area contributed by atoms with Crippen LogP contribution in [0.5, 0.6) is 23.0 Å². The second-order valence-electron chi connectivity index (χ2n) is 6.50. The maximum absolute atomic E-state index is 12.5. The molecular formula is C21H23NO7. The van der Waals surface area contributed by atoms with E-state index in [0.717, 1.165) is 11.1 Å². The molecule has 0 fully saturated rings. The van der Waals surface area contributed by atoms with Gasteiger partial charge in [-0.1, -0.05) is 0 Å². The van der Waals surface area contributed by atoms with Crippen molar-refractivity contribution in [3.05, 3.63) is 47.0 Å². The molecule has 154 valence electrons. The monoisotopic (exact) mass is 401 g/mol. The molecule has 1 amide bonds. The molecule has 0 aromatic heterocycles. The molecule has 0 unspecified atom stereocenters. The predicted octanol–water partition coefficient (Wildman–Crippen LogP) is 2.16. The number of carbonyl (C=O) groups excluding carboxylic acids is 2. The van der Waals surface area contributed by atoms with E-state index < -0.39 is 12.6 Å². The van der Waals surface area contributed by atoms with Crippen LogP contribution >= 0.6 is 0 Å². The third kappa shape index (κ3) is 4.37. The summed E-state index contributed by atoms with van der Waals surface area (Å²) in [4.78, 5) is 26.4. The molecular weight excluding hydrogens is 378 g/mol. The maximum Gasteiger partial charge on any atom is 0.342 e. The lowest BCUT2D eigenvalue weighted by molar-refractivity contribution is -0.135. The van der Waals surface area contributed by atoms with Crippen LogP contribution in [-0.4, -0.2) is 56.4 Å². The average molecular weight is 401 g/mol. The van der Waals surface area contributed by atoms with Gasteiger partial charge in [0.25, 0.3) is 5.91 Å². The zero-order chi connectivity index (χ0) is 21.0. The van der Waals surface area contributed by atoms with Gasteiger partial charge in [-0.3, -0.25) is 4.79 Å². The number of phenols is 1. The Morgan fingerprint density at radius 1 is 1.00 bits per heavy atom. The van der Waals surface area contributed by atoms with Gasteiger partial charge in [0.15, 0.2) is 18.1 Å². The molecule has 0 aliphatic carbocycles. The maximum atomic E-state index is 12.5. The molecule has 1 aliphatic heterocycles. The van der Waals surface area contributed by atoms with E-state index in [1.54, 1.807) is 19.1 Å². The fraction of sp³-hybridized carbons (Fsp3) is 0.333. The first kappa shape index (κ1) is 20.3. The summed E-state index contributed by atoms with van der Waals surface area (Å²) in [5.41, 5.74) is 1.99. The van der Waals surface area contributed by atoms with Gasteiger partial charge in [-0.15, -0.1) is 0 Å². The number of esters is 1. The Balaban J connectivity index is 1.64. The van der Waals surface area contributed by atoms with Gasteiger partial charge in [0.2, 0.25) is 0 Å². The molecule has 2 aromatic carbocycles. The molecule has 0 radical (unpaired) electrons. The number of carbonyl (C=O) groups is 2. The van der Waals surface area contributed by atoms with E-state index in [1.165, 1.54) is 25.3 Å². The zero-order valence-electron chi connectivity index (χ0n) is 16.6. The van der Waals surface area contributed by atoms with Crippen LogP contribution in [0.15, 0.2) is 30.3 Å². The van der Waals surface area contributed by atoms with Gasteiger partial charge in [0.05, 0.1) is 21.3 Å². The third-order valence-corrected chi connectivity index (χ3v) is 4.82. The summed E-state index contributed by atoms with van der Waals surface area (Å²) in [6.45, 7) is 0.470. The molecule has 0 bridgehead atoms. The lowest BCUT2D eigenvalue weighted by atomic mass is 9.99. The Labute approximate surface area is 168 Å². The van der Waals surface area contributed by atoms with E-state index in [4.69, 9.17) is 18.9 Å². The van der Waals surface area contributed by atoms with Crippen molar-refractivity contribution in [1.29, 1.82) is 0 Å². The van der Waals surface area contributed by atoms with E-state index in [1.807, 2.05) is 12.1 Å². The first-order valence-corrected chi connectivity index (χ1v) is 9.02. The summed E-state index contributed by atoms with van der Waals surface area (Å²) in [7, 11) is 4.59. The highest BCUT2D eigenvalue weighted by molar-refractivity contribution is 5.94. The minimum atomic E-state index is -0.793. The van der Waals surface area contributed by atoms with Gasteiger partial charge < -0.3 is 29.0 Å². The summed E-state index contributed by atoms with van der Waals surface area (Å²) in [5.74, 6) is 0.299. The van der Waals surface area contributed by atoms with Crippen LogP contribution in [-0.2, 0) is 22.5 Å². The number of ether oxygens (including phenoxy) is 4. The quantitative estimate of drug-likeness (QED) is 0.741. The number of nitrogens with zero attached hydrogens (tertiary/aromatic N) is 1. The van der Waals surface area contributed by atoms with E-state index in [9.17, 15) is 14.7 Å².